The predicted molar refractivity (Wildman–Crippen MR) is 243 cm³/mol. The Labute approximate surface area is 341 Å². The average molecular weight is 759 g/mol. The Balaban J connectivity index is 0.902. The maximum atomic E-state index is 6.50. The molecular weight excluding hydrogens is 721 g/mol. The number of nitrogens with one attached hydrogen (secondary N) is 1. The SMILES string of the molecule is CC1(C)c2ccccc2-c2cc3c4ccccc4n(-c4ccc(-c5ccc6oc7cc(C8=NC(c9ccccc9)=NC(c9ccccc9)N8)ccc7c6c5)cc4)c3cc21. The lowest BCUT2D eigenvalue weighted by Gasteiger charge is -2.23. The van der Waals surface area contributed by atoms with E-state index in [1.807, 2.05) is 36.4 Å². The fourth-order valence-electron chi connectivity index (χ4n) is 9.47. The first-order chi connectivity index (χ1) is 29.0. The first-order valence-corrected chi connectivity index (χ1v) is 20.3. The van der Waals surface area contributed by atoms with Gasteiger partial charge in [-0.15, -0.1) is 0 Å². The van der Waals surface area contributed by atoms with Crippen LogP contribution in [0.15, 0.2) is 196 Å². The first kappa shape index (κ1) is 33.6. The van der Waals surface area contributed by atoms with Gasteiger partial charge in [0.1, 0.15) is 23.2 Å². The van der Waals surface area contributed by atoms with E-state index >= 15 is 0 Å². The molecule has 0 radical (unpaired) electrons. The monoisotopic (exact) mass is 758 g/mol. The van der Waals surface area contributed by atoms with E-state index in [4.69, 9.17) is 14.4 Å². The molecule has 1 atom stereocenters. The van der Waals surface area contributed by atoms with Crippen LogP contribution in [-0.2, 0) is 5.41 Å². The van der Waals surface area contributed by atoms with Gasteiger partial charge in [-0.3, -0.25) is 0 Å². The number of nitrogens with zero attached hydrogens (tertiary/aromatic N) is 3. The second-order valence-corrected chi connectivity index (χ2v) is 16.2. The fourth-order valence-corrected chi connectivity index (χ4v) is 9.47. The van der Waals surface area contributed by atoms with E-state index in [2.05, 4.69) is 169 Å². The van der Waals surface area contributed by atoms with E-state index in [1.54, 1.807) is 0 Å². The molecule has 12 rings (SSSR count). The van der Waals surface area contributed by atoms with Crippen molar-refractivity contribution in [1.29, 1.82) is 0 Å². The van der Waals surface area contributed by atoms with Crippen molar-refractivity contribution in [2.24, 2.45) is 9.98 Å². The van der Waals surface area contributed by atoms with Gasteiger partial charge in [0.15, 0.2) is 5.84 Å². The van der Waals surface area contributed by atoms with Crippen LogP contribution < -0.4 is 5.32 Å². The van der Waals surface area contributed by atoms with Gasteiger partial charge in [0, 0.05) is 43.8 Å². The van der Waals surface area contributed by atoms with Crippen LogP contribution in [0.4, 0.5) is 0 Å². The molecule has 2 aliphatic rings. The second kappa shape index (κ2) is 12.8. The predicted octanol–water partition coefficient (Wildman–Crippen LogP) is 13.2. The second-order valence-electron chi connectivity index (χ2n) is 16.2. The molecule has 8 aromatic carbocycles. The van der Waals surface area contributed by atoms with E-state index in [-0.39, 0.29) is 11.6 Å². The summed E-state index contributed by atoms with van der Waals surface area (Å²) < 4.78 is 8.93. The Morgan fingerprint density at radius 1 is 0.508 bits per heavy atom. The van der Waals surface area contributed by atoms with Crippen LogP contribution in [0, 0.1) is 0 Å². The van der Waals surface area contributed by atoms with E-state index in [0.29, 0.717) is 5.84 Å². The quantitative estimate of drug-likeness (QED) is 0.190. The molecule has 59 heavy (non-hydrogen) atoms. The van der Waals surface area contributed by atoms with Gasteiger partial charge in [-0.05, 0) is 93.5 Å². The minimum absolute atomic E-state index is 0.0736. The van der Waals surface area contributed by atoms with E-state index in [1.165, 1.54) is 44.1 Å². The van der Waals surface area contributed by atoms with E-state index in [9.17, 15) is 0 Å². The van der Waals surface area contributed by atoms with Gasteiger partial charge in [-0.1, -0.05) is 141 Å². The number of rotatable bonds is 5. The molecule has 0 spiro atoms. The summed E-state index contributed by atoms with van der Waals surface area (Å²) in [5.41, 5.74) is 15.9. The zero-order chi connectivity index (χ0) is 39.2. The molecule has 2 aromatic heterocycles. The number of fused-ring (bicyclic) bond motifs is 9. The van der Waals surface area contributed by atoms with Crippen LogP contribution in [0.25, 0.3) is 71.7 Å². The maximum absolute atomic E-state index is 6.50. The van der Waals surface area contributed by atoms with Crippen LogP contribution >= 0.6 is 0 Å². The highest BCUT2D eigenvalue weighted by atomic mass is 16.3. The molecule has 0 fully saturated rings. The van der Waals surface area contributed by atoms with Crippen molar-refractivity contribution in [3.05, 3.63) is 210 Å². The van der Waals surface area contributed by atoms with Crippen molar-refractivity contribution >= 4 is 55.4 Å². The van der Waals surface area contributed by atoms with Gasteiger partial charge < -0.3 is 14.3 Å². The van der Waals surface area contributed by atoms with Crippen molar-refractivity contribution in [2.75, 3.05) is 0 Å². The van der Waals surface area contributed by atoms with Crippen LogP contribution in [0.5, 0.6) is 0 Å². The Hall–Kier alpha value is -7.50. The topological polar surface area (TPSA) is 54.8 Å². The Bertz CT molecular complexity index is 3370. The van der Waals surface area contributed by atoms with Crippen LogP contribution in [-0.4, -0.2) is 16.2 Å². The number of aromatic nitrogens is 1. The highest BCUT2D eigenvalue weighted by Crippen LogP contribution is 2.51. The standard InChI is InChI=1S/C54H38N4O/c1-54(2)45-19-11-9-17-39(45)42-31-43-40-18-10-12-20-47(40)58(48(43)32-46(42)54)38-25-21-33(22-26-38)36-24-28-49-44(29-36)41-27-23-37(30-50(41)59-49)53-56-51(34-13-5-3-6-14-34)55-52(57-53)35-15-7-4-8-16-35/h3-32,51H,1-2H3,(H,55,56,57). The number of hydrogen-bond acceptors (Lipinski definition) is 4. The molecule has 0 saturated heterocycles. The van der Waals surface area contributed by atoms with Crippen molar-refractivity contribution < 1.29 is 4.42 Å². The van der Waals surface area contributed by atoms with Gasteiger partial charge >= 0.3 is 0 Å². The van der Waals surface area contributed by atoms with E-state index in [0.717, 1.165) is 61.3 Å². The van der Waals surface area contributed by atoms with Gasteiger partial charge in [-0.25, -0.2) is 9.98 Å². The Morgan fingerprint density at radius 2 is 1.24 bits per heavy atom. The van der Waals surface area contributed by atoms with E-state index < -0.39 is 0 Å². The molecule has 1 aliphatic carbocycles. The zero-order valence-corrected chi connectivity index (χ0v) is 32.6. The minimum Gasteiger partial charge on any atom is -0.456 e. The van der Waals surface area contributed by atoms with Crippen molar-refractivity contribution in [3.8, 4) is 27.9 Å². The summed E-state index contributed by atoms with van der Waals surface area (Å²) in [7, 11) is 0. The van der Waals surface area contributed by atoms with Crippen LogP contribution in [0.2, 0.25) is 0 Å². The minimum atomic E-state index is -0.264. The molecule has 5 heteroatoms. The summed E-state index contributed by atoms with van der Waals surface area (Å²) in [6.07, 6.45) is -0.264. The van der Waals surface area contributed by atoms with Gasteiger partial charge in [0.25, 0.3) is 0 Å². The molecule has 1 aliphatic heterocycles. The lowest BCUT2D eigenvalue weighted by atomic mass is 9.82. The average Bonchev–Trinajstić information content (AvgIpc) is 3.90. The summed E-state index contributed by atoms with van der Waals surface area (Å²) >= 11 is 0. The molecule has 1 unspecified atom stereocenters. The van der Waals surface area contributed by atoms with Gasteiger partial charge in [0.05, 0.1) is 11.0 Å². The third-order valence-electron chi connectivity index (χ3n) is 12.5. The molecule has 280 valence electrons. The number of furan rings is 1. The Kier molecular flexibility index (Phi) is 7.27. The van der Waals surface area contributed by atoms with Crippen LogP contribution in [0.1, 0.15) is 47.8 Å². The zero-order valence-electron chi connectivity index (χ0n) is 32.6. The fraction of sp³-hybridized carbons (Fsp3) is 0.0741. The summed E-state index contributed by atoms with van der Waals surface area (Å²) in [6, 6.07) is 64.8. The highest BCUT2D eigenvalue weighted by molar-refractivity contribution is 6.15. The molecular formula is C54H38N4O. The molecule has 10 aromatic rings. The lowest BCUT2D eigenvalue weighted by Crippen LogP contribution is -2.33. The number of aliphatic imine (C=N–C) groups is 2. The largest absolute Gasteiger partial charge is 0.456 e. The van der Waals surface area contributed by atoms with Gasteiger partial charge in [-0.2, -0.15) is 0 Å². The van der Waals surface area contributed by atoms with Crippen molar-refractivity contribution in [1.82, 2.24) is 9.88 Å². The number of amidine groups is 2. The first-order valence-electron chi connectivity index (χ1n) is 20.3. The lowest BCUT2D eigenvalue weighted by molar-refractivity contribution is 0.661. The third kappa shape index (κ3) is 5.24. The number of hydrogen-bond donors (Lipinski definition) is 1. The van der Waals surface area contributed by atoms with Gasteiger partial charge in [0.2, 0.25) is 0 Å². The smallest absolute Gasteiger partial charge is 0.159 e. The normalized spacial score (nSPS) is 15.6. The molecule has 1 N–H and O–H groups in total. The molecule has 0 bridgehead atoms. The summed E-state index contributed by atoms with van der Waals surface area (Å²) in [5, 5.41) is 8.29. The molecule has 0 amide bonds. The summed E-state index contributed by atoms with van der Waals surface area (Å²) in [4.78, 5) is 10.0. The molecule has 5 nitrogen and oxygen atoms in total. The summed E-state index contributed by atoms with van der Waals surface area (Å²) in [5.74, 6) is 1.46. The van der Waals surface area contributed by atoms with Crippen molar-refractivity contribution in [2.45, 2.75) is 25.4 Å². The molecule has 3 heterocycles. The maximum Gasteiger partial charge on any atom is 0.159 e. The van der Waals surface area contributed by atoms with Crippen molar-refractivity contribution in [3.63, 3.8) is 0 Å². The summed E-state index contributed by atoms with van der Waals surface area (Å²) in [6.45, 7) is 4.70. The highest BCUT2D eigenvalue weighted by Gasteiger charge is 2.36. The third-order valence-corrected chi connectivity index (χ3v) is 12.5. The number of benzene rings is 8. The Morgan fingerprint density at radius 3 is 2.08 bits per heavy atom. The number of para-hydroxylation sites is 1. The molecule has 0 saturated carbocycles. The van der Waals surface area contributed by atoms with Crippen LogP contribution in [0.3, 0.4) is 0 Å².